The van der Waals surface area contributed by atoms with Gasteiger partial charge in [0.15, 0.2) is 6.04 Å². The predicted molar refractivity (Wildman–Crippen MR) is 74.3 cm³/mol. The summed E-state index contributed by atoms with van der Waals surface area (Å²) in [6, 6.07) is 7.29. The van der Waals surface area contributed by atoms with Gasteiger partial charge in [-0.15, -0.1) is 0 Å². The normalized spacial score (nSPS) is 12.7. The van der Waals surface area contributed by atoms with Gasteiger partial charge in [0.05, 0.1) is 0 Å². The molecule has 1 amide bonds. The summed E-state index contributed by atoms with van der Waals surface area (Å²) in [6.45, 7) is 6.91. The van der Waals surface area contributed by atoms with Crippen LogP contribution in [-0.4, -0.2) is 33.8 Å². The van der Waals surface area contributed by atoms with Gasteiger partial charge in [0.25, 0.3) is 5.91 Å². The number of benzene rings is 1. The molecule has 5 heteroatoms. The first-order valence-corrected chi connectivity index (χ1v) is 6.56. The average Bonchev–Trinajstić information content (AvgIpc) is 2.37. The molecule has 0 saturated carbocycles. The highest BCUT2D eigenvalue weighted by molar-refractivity contribution is 5.95. The first-order valence-electron chi connectivity index (χ1n) is 6.56. The van der Waals surface area contributed by atoms with E-state index in [0.29, 0.717) is 10.6 Å². The Bertz CT molecular complexity index is 465. The molecule has 0 radical (unpaired) electrons. The quantitative estimate of drug-likeness (QED) is 0.522. The lowest BCUT2D eigenvalue weighted by atomic mass is 10.1. The number of esters is 1. The van der Waals surface area contributed by atoms with Crippen molar-refractivity contribution in [2.24, 2.45) is 0 Å². The molecule has 1 aromatic rings. The number of carbonyl (C=O) groups is 2. The minimum absolute atomic E-state index is 0.268. The van der Waals surface area contributed by atoms with E-state index < -0.39 is 23.5 Å². The van der Waals surface area contributed by atoms with E-state index in [1.54, 1.807) is 58.0 Å². The largest absolute Gasteiger partial charge is 0.458 e. The lowest BCUT2D eigenvalue weighted by Gasteiger charge is -2.27. The van der Waals surface area contributed by atoms with Gasteiger partial charge in [-0.3, -0.25) is 10.0 Å². The summed E-state index contributed by atoms with van der Waals surface area (Å²) in [5.41, 5.74) is -0.349. The Morgan fingerprint density at radius 1 is 1.25 bits per heavy atom. The third-order valence-electron chi connectivity index (χ3n) is 2.59. The highest BCUT2D eigenvalue weighted by Gasteiger charge is 2.31. The van der Waals surface area contributed by atoms with Gasteiger partial charge in [-0.1, -0.05) is 25.1 Å². The van der Waals surface area contributed by atoms with Crippen molar-refractivity contribution in [2.45, 2.75) is 45.8 Å². The molecule has 5 nitrogen and oxygen atoms in total. The third-order valence-corrected chi connectivity index (χ3v) is 2.59. The second kappa shape index (κ2) is 6.52. The number of carbonyl (C=O) groups excluding carboxylic acids is 2. The van der Waals surface area contributed by atoms with E-state index in [0.717, 1.165) is 0 Å². The fraction of sp³-hybridized carbons (Fsp3) is 0.467. The number of hydroxylamine groups is 2. The average molecular weight is 279 g/mol. The van der Waals surface area contributed by atoms with Gasteiger partial charge in [-0.2, -0.15) is 0 Å². The molecule has 1 N–H and O–H groups in total. The Morgan fingerprint density at radius 2 is 1.80 bits per heavy atom. The fourth-order valence-corrected chi connectivity index (χ4v) is 1.66. The zero-order chi connectivity index (χ0) is 15.3. The number of nitrogens with zero attached hydrogens (tertiary/aromatic N) is 1. The highest BCUT2D eigenvalue weighted by Crippen LogP contribution is 2.14. The van der Waals surface area contributed by atoms with E-state index in [1.165, 1.54) is 0 Å². The molecule has 1 rings (SSSR count). The van der Waals surface area contributed by atoms with Gasteiger partial charge in [0.2, 0.25) is 0 Å². The minimum atomic E-state index is -1.01. The summed E-state index contributed by atoms with van der Waals surface area (Å²) < 4.78 is 5.21. The molecular weight excluding hydrogens is 258 g/mol. The number of hydrogen-bond acceptors (Lipinski definition) is 4. The van der Waals surface area contributed by atoms with E-state index in [9.17, 15) is 14.8 Å². The smallest absolute Gasteiger partial charge is 0.332 e. The van der Waals surface area contributed by atoms with Crippen LogP contribution in [0.1, 0.15) is 44.5 Å². The second-order valence-corrected chi connectivity index (χ2v) is 5.47. The van der Waals surface area contributed by atoms with Gasteiger partial charge >= 0.3 is 5.97 Å². The molecule has 1 aromatic carbocycles. The second-order valence-electron chi connectivity index (χ2n) is 5.47. The Kier molecular flexibility index (Phi) is 5.27. The molecule has 0 bridgehead atoms. The molecule has 0 aromatic heterocycles. The van der Waals surface area contributed by atoms with Crippen molar-refractivity contribution in [1.29, 1.82) is 0 Å². The number of rotatable bonds is 4. The molecule has 0 fully saturated rings. The van der Waals surface area contributed by atoms with Crippen molar-refractivity contribution in [3.8, 4) is 0 Å². The van der Waals surface area contributed by atoms with Crippen LogP contribution < -0.4 is 0 Å². The maximum Gasteiger partial charge on any atom is 0.332 e. The molecule has 0 saturated heterocycles. The molecule has 20 heavy (non-hydrogen) atoms. The highest BCUT2D eigenvalue weighted by atomic mass is 16.6. The molecule has 1 unspecified atom stereocenters. The molecule has 0 aliphatic heterocycles. The Balaban J connectivity index is 2.84. The summed E-state index contributed by atoms with van der Waals surface area (Å²) >= 11 is 0. The zero-order valence-electron chi connectivity index (χ0n) is 12.3. The number of amides is 1. The van der Waals surface area contributed by atoms with E-state index in [1.807, 2.05) is 0 Å². The van der Waals surface area contributed by atoms with Crippen LogP contribution in [0.3, 0.4) is 0 Å². The van der Waals surface area contributed by atoms with Crippen molar-refractivity contribution in [1.82, 2.24) is 5.06 Å². The lowest BCUT2D eigenvalue weighted by Crippen LogP contribution is -2.45. The maximum absolute atomic E-state index is 12.1. The van der Waals surface area contributed by atoms with Gasteiger partial charge in [0, 0.05) is 5.56 Å². The monoisotopic (exact) mass is 279 g/mol. The molecule has 1 atom stereocenters. The van der Waals surface area contributed by atoms with Crippen molar-refractivity contribution in [2.75, 3.05) is 0 Å². The van der Waals surface area contributed by atoms with Crippen molar-refractivity contribution >= 4 is 11.9 Å². The van der Waals surface area contributed by atoms with Crippen LogP contribution in [0.5, 0.6) is 0 Å². The van der Waals surface area contributed by atoms with Crippen LogP contribution in [0.4, 0.5) is 0 Å². The van der Waals surface area contributed by atoms with E-state index in [-0.39, 0.29) is 6.42 Å². The first kappa shape index (κ1) is 16.2. The molecule has 0 aliphatic rings. The van der Waals surface area contributed by atoms with Gasteiger partial charge in [-0.25, -0.2) is 9.86 Å². The standard InChI is InChI=1S/C15H21NO4/c1-5-12(14(18)20-15(2,3)4)16(19)13(17)11-9-7-6-8-10-11/h6-10,12,19H,5H2,1-4H3. The summed E-state index contributed by atoms with van der Waals surface area (Å²) in [4.78, 5) is 24.1. The Morgan fingerprint density at radius 3 is 2.25 bits per heavy atom. The van der Waals surface area contributed by atoms with Crippen LogP contribution >= 0.6 is 0 Å². The molecular formula is C15H21NO4. The van der Waals surface area contributed by atoms with Crippen molar-refractivity contribution in [3.63, 3.8) is 0 Å². The Labute approximate surface area is 119 Å². The molecule has 0 aliphatic carbocycles. The maximum atomic E-state index is 12.1. The van der Waals surface area contributed by atoms with E-state index in [4.69, 9.17) is 4.74 Å². The minimum Gasteiger partial charge on any atom is -0.458 e. The molecule has 110 valence electrons. The van der Waals surface area contributed by atoms with Gasteiger partial charge in [-0.05, 0) is 39.3 Å². The topological polar surface area (TPSA) is 66.8 Å². The van der Waals surface area contributed by atoms with Gasteiger partial charge < -0.3 is 4.74 Å². The zero-order valence-corrected chi connectivity index (χ0v) is 12.3. The van der Waals surface area contributed by atoms with Crippen LogP contribution in [-0.2, 0) is 9.53 Å². The number of ether oxygens (including phenoxy) is 1. The van der Waals surface area contributed by atoms with E-state index >= 15 is 0 Å². The SMILES string of the molecule is CCC(C(=O)OC(C)(C)C)N(O)C(=O)c1ccccc1. The van der Waals surface area contributed by atoms with Crippen molar-refractivity contribution < 1.29 is 19.5 Å². The summed E-state index contributed by atoms with van der Waals surface area (Å²) in [6.07, 6.45) is 0.268. The summed E-state index contributed by atoms with van der Waals surface area (Å²) in [7, 11) is 0. The molecule has 0 heterocycles. The summed E-state index contributed by atoms with van der Waals surface area (Å²) in [5.74, 6) is -1.24. The third kappa shape index (κ3) is 4.35. The summed E-state index contributed by atoms with van der Waals surface area (Å²) in [5, 5.41) is 10.4. The number of hydrogen-bond donors (Lipinski definition) is 1. The van der Waals surface area contributed by atoms with Crippen LogP contribution in [0.25, 0.3) is 0 Å². The van der Waals surface area contributed by atoms with Crippen molar-refractivity contribution in [3.05, 3.63) is 35.9 Å². The van der Waals surface area contributed by atoms with Crippen LogP contribution in [0, 0.1) is 0 Å². The predicted octanol–water partition coefficient (Wildman–Crippen LogP) is 2.64. The van der Waals surface area contributed by atoms with Crippen LogP contribution in [0.15, 0.2) is 30.3 Å². The fourth-order valence-electron chi connectivity index (χ4n) is 1.66. The van der Waals surface area contributed by atoms with Gasteiger partial charge in [0.1, 0.15) is 5.60 Å². The van der Waals surface area contributed by atoms with Crippen LogP contribution in [0.2, 0.25) is 0 Å². The molecule has 0 spiro atoms. The first-order chi connectivity index (χ1) is 9.26. The van der Waals surface area contributed by atoms with E-state index in [2.05, 4.69) is 0 Å². The lowest BCUT2D eigenvalue weighted by molar-refractivity contribution is -0.174. The Hall–Kier alpha value is -1.88.